The number of amides is 2. The van der Waals surface area contributed by atoms with Crippen LogP contribution >= 0.6 is 0 Å². The van der Waals surface area contributed by atoms with E-state index in [-0.39, 0.29) is 11.8 Å². The second kappa shape index (κ2) is 6.97. The molecule has 0 aromatic carbocycles. The summed E-state index contributed by atoms with van der Waals surface area (Å²) in [5.74, 6) is 0.547. The van der Waals surface area contributed by atoms with E-state index < -0.39 is 6.04 Å². The largest absolute Gasteiger partial charge is 0.378 e. The smallest absolute Gasteiger partial charge is 0.253 e. The number of carbonyl (C=O) groups excluding carboxylic acids is 2. The fourth-order valence-electron chi connectivity index (χ4n) is 3.26. The van der Waals surface area contributed by atoms with Gasteiger partial charge in [0, 0.05) is 31.0 Å². The van der Waals surface area contributed by atoms with Crippen LogP contribution in [0.3, 0.4) is 0 Å². The molecule has 1 aromatic rings. The summed E-state index contributed by atoms with van der Waals surface area (Å²) in [6, 6.07) is 1.40. The molecule has 2 aliphatic rings. The third kappa shape index (κ3) is 3.64. The number of aryl methyl sites for hydroxylation is 1. The SMILES string of the molecule is Cc1cc(C(=O)N[C@H](C)C(=O)N2CCOCC2)c(C)n1CC1CC1. The molecule has 6 nitrogen and oxygen atoms in total. The topological polar surface area (TPSA) is 63.6 Å². The highest BCUT2D eigenvalue weighted by Gasteiger charge is 2.27. The Morgan fingerprint density at radius 3 is 2.58 bits per heavy atom. The van der Waals surface area contributed by atoms with Crippen LogP contribution < -0.4 is 5.32 Å². The molecule has 0 bridgehead atoms. The maximum Gasteiger partial charge on any atom is 0.253 e. The van der Waals surface area contributed by atoms with Gasteiger partial charge >= 0.3 is 0 Å². The molecular formula is C18H27N3O3. The second-order valence-corrected chi connectivity index (χ2v) is 6.97. The summed E-state index contributed by atoms with van der Waals surface area (Å²) in [4.78, 5) is 26.8. The Hall–Kier alpha value is -1.82. The van der Waals surface area contributed by atoms with Gasteiger partial charge in [-0.25, -0.2) is 0 Å². The van der Waals surface area contributed by atoms with Crippen LogP contribution in [0.1, 0.15) is 41.5 Å². The normalized spacial score (nSPS) is 19.2. The van der Waals surface area contributed by atoms with Crippen LogP contribution in [-0.2, 0) is 16.1 Å². The van der Waals surface area contributed by atoms with Crippen molar-refractivity contribution in [1.29, 1.82) is 0 Å². The van der Waals surface area contributed by atoms with Gasteiger partial charge in [-0.3, -0.25) is 9.59 Å². The van der Waals surface area contributed by atoms with Gasteiger partial charge in [-0.2, -0.15) is 0 Å². The Bertz CT molecular complexity index is 628. The minimum Gasteiger partial charge on any atom is -0.378 e. The Morgan fingerprint density at radius 1 is 1.29 bits per heavy atom. The fraction of sp³-hybridized carbons (Fsp3) is 0.667. The van der Waals surface area contributed by atoms with Crippen LogP contribution in [0.2, 0.25) is 0 Å². The molecule has 0 spiro atoms. The molecule has 6 heteroatoms. The third-order valence-electron chi connectivity index (χ3n) is 5.00. The molecule has 3 rings (SSSR count). The van der Waals surface area contributed by atoms with Crippen molar-refractivity contribution >= 4 is 11.8 Å². The summed E-state index contributed by atoms with van der Waals surface area (Å²) >= 11 is 0. The molecule has 24 heavy (non-hydrogen) atoms. The van der Waals surface area contributed by atoms with Gasteiger partial charge in [0.15, 0.2) is 0 Å². The lowest BCUT2D eigenvalue weighted by Gasteiger charge is -2.29. The number of morpholine rings is 1. The zero-order valence-corrected chi connectivity index (χ0v) is 14.8. The number of aromatic nitrogens is 1. The molecule has 2 fully saturated rings. The Kier molecular flexibility index (Phi) is 4.94. The zero-order valence-electron chi connectivity index (χ0n) is 14.8. The van der Waals surface area contributed by atoms with E-state index in [1.54, 1.807) is 11.8 Å². The number of nitrogens with one attached hydrogen (secondary N) is 1. The lowest BCUT2D eigenvalue weighted by molar-refractivity contribution is -0.136. The van der Waals surface area contributed by atoms with Crippen molar-refractivity contribution in [2.45, 2.75) is 46.2 Å². The van der Waals surface area contributed by atoms with Gasteiger partial charge in [0.1, 0.15) is 6.04 Å². The molecule has 1 atom stereocenters. The average Bonchev–Trinajstić information content (AvgIpc) is 3.36. The first-order chi connectivity index (χ1) is 11.5. The van der Waals surface area contributed by atoms with E-state index in [0.29, 0.717) is 31.9 Å². The van der Waals surface area contributed by atoms with Gasteiger partial charge in [0.05, 0.1) is 18.8 Å². The minimum absolute atomic E-state index is 0.0431. The van der Waals surface area contributed by atoms with E-state index in [1.807, 2.05) is 19.9 Å². The monoisotopic (exact) mass is 333 g/mol. The van der Waals surface area contributed by atoms with E-state index in [4.69, 9.17) is 4.74 Å². The van der Waals surface area contributed by atoms with Gasteiger partial charge in [-0.05, 0) is 45.6 Å². The third-order valence-corrected chi connectivity index (χ3v) is 5.00. The highest BCUT2D eigenvalue weighted by atomic mass is 16.5. The van der Waals surface area contributed by atoms with E-state index >= 15 is 0 Å². The maximum absolute atomic E-state index is 12.6. The van der Waals surface area contributed by atoms with Gasteiger partial charge < -0.3 is 19.5 Å². The van der Waals surface area contributed by atoms with Crippen molar-refractivity contribution in [3.8, 4) is 0 Å². The van der Waals surface area contributed by atoms with Crippen LogP contribution in [0, 0.1) is 19.8 Å². The van der Waals surface area contributed by atoms with E-state index in [1.165, 1.54) is 12.8 Å². The number of ether oxygens (including phenoxy) is 1. The van der Waals surface area contributed by atoms with E-state index in [9.17, 15) is 9.59 Å². The van der Waals surface area contributed by atoms with Crippen molar-refractivity contribution in [2.24, 2.45) is 5.92 Å². The highest BCUT2D eigenvalue weighted by Crippen LogP contribution is 2.32. The lowest BCUT2D eigenvalue weighted by atomic mass is 10.2. The summed E-state index contributed by atoms with van der Waals surface area (Å²) in [5, 5.41) is 2.86. The molecule has 132 valence electrons. The molecule has 1 aliphatic heterocycles. The van der Waals surface area contributed by atoms with Crippen molar-refractivity contribution in [1.82, 2.24) is 14.8 Å². The number of rotatable bonds is 5. The van der Waals surface area contributed by atoms with Gasteiger partial charge in [0.2, 0.25) is 5.91 Å². The number of hydrogen-bond acceptors (Lipinski definition) is 3. The molecule has 0 radical (unpaired) electrons. The number of carbonyl (C=O) groups is 2. The molecule has 2 amide bonds. The van der Waals surface area contributed by atoms with Gasteiger partial charge in [-0.15, -0.1) is 0 Å². The van der Waals surface area contributed by atoms with Crippen LogP contribution in [0.15, 0.2) is 6.07 Å². The lowest BCUT2D eigenvalue weighted by Crippen LogP contribution is -2.50. The summed E-state index contributed by atoms with van der Waals surface area (Å²) in [7, 11) is 0. The average molecular weight is 333 g/mol. The van der Waals surface area contributed by atoms with Crippen molar-refractivity contribution in [3.05, 3.63) is 23.0 Å². The van der Waals surface area contributed by atoms with E-state index in [2.05, 4.69) is 9.88 Å². The van der Waals surface area contributed by atoms with Crippen LogP contribution in [0.5, 0.6) is 0 Å². The molecule has 1 aromatic heterocycles. The Labute approximate surface area is 143 Å². The summed E-state index contributed by atoms with van der Waals surface area (Å²) in [6.45, 7) is 9.08. The number of nitrogens with zero attached hydrogens (tertiary/aromatic N) is 2. The molecule has 1 aliphatic carbocycles. The van der Waals surface area contributed by atoms with Crippen LogP contribution in [0.25, 0.3) is 0 Å². The predicted molar refractivity (Wildman–Crippen MR) is 91.0 cm³/mol. The quantitative estimate of drug-likeness (QED) is 0.888. The molecule has 1 saturated carbocycles. The minimum atomic E-state index is -0.526. The summed E-state index contributed by atoms with van der Waals surface area (Å²) in [6.07, 6.45) is 2.56. The van der Waals surface area contributed by atoms with Crippen molar-refractivity contribution in [3.63, 3.8) is 0 Å². The van der Waals surface area contributed by atoms with E-state index in [0.717, 1.165) is 23.9 Å². The maximum atomic E-state index is 12.6. The number of hydrogen-bond donors (Lipinski definition) is 1. The fourth-order valence-corrected chi connectivity index (χ4v) is 3.26. The van der Waals surface area contributed by atoms with Gasteiger partial charge in [-0.1, -0.05) is 0 Å². The highest BCUT2D eigenvalue weighted by molar-refractivity contribution is 5.98. The Balaban J connectivity index is 1.64. The molecule has 2 heterocycles. The molecular weight excluding hydrogens is 306 g/mol. The first-order valence-electron chi connectivity index (χ1n) is 8.81. The molecule has 0 unspecified atom stereocenters. The second-order valence-electron chi connectivity index (χ2n) is 6.97. The standard InChI is InChI=1S/C18H27N3O3/c1-12-10-16(14(3)21(12)11-15-4-5-15)17(22)19-13(2)18(23)20-6-8-24-9-7-20/h10,13,15H,4-9,11H2,1-3H3,(H,19,22)/t13-/m1/s1. The first-order valence-corrected chi connectivity index (χ1v) is 8.81. The van der Waals surface area contributed by atoms with Crippen molar-refractivity contribution < 1.29 is 14.3 Å². The predicted octanol–water partition coefficient (Wildman–Crippen LogP) is 1.49. The summed E-state index contributed by atoms with van der Waals surface area (Å²) < 4.78 is 7.49. The van der Waals surface area contributed by atoms with Crippen LogP contribution in [-0.4, -0.2) is 53.6 Å². The van der Waals surface area contributed by atoms with Crippen molar-refractivity contribution in [2.75, 3.05) is 26.3 Å². The van der Waals surface area contributed by atoms with Crippen LogP contribution in [0.4, 0.5) is 0 Å². The zero-order chi connectivity index (χ0) is 17.3. The molecule has 1 N–H and O–H groups in total. The van der Waals surface area contributed by atoms with Gasteiger partial charge in [0.25, 0.3) is 5.91 Å². The molecule has 1 saturated heterocycles. The summed E-state index contributed by atoms with van der Waals surface area (Å²) in [5.41, 5.74) is 2.77. The Morgan fingerprint density at radius 2 is 1.96 bits per heavy atom. The first kappa shape index (κ1) is 17.0.